The summed E-state index contributed by atoms with van der Waals surface area (Å²) in [5.41, 5.74) is 0.625. The number of hydrogen-bond donors (Lipinski definition) is 1. The van der Waals surface area contributed by atoms with E-state index in [4.69, 9.17) is 4.74 Å². The van der Waals surface area contributed by atoms with Gasteiger partial charge in [0.2, 0.25) is 5.91 Å². The van der Waals surface area contributed by atoms with Crippen molar-refractivity contribution in [2.24, 2.45) is 0 Å². The van der Waals surface area contributed by atoms with Crippen LogP contribution in [0, 0.1) is 0 Å². The zero-order chi connectivity index (χ0) is 17.5. The Kier molecular flexibility index (Phi) is 6.37. The largest absolute Gasteiger partial charge is 0.497 e. The van der Waals surface area contributed by atoms with E-state index in [-0.39, 0.29) is 17.9 Å². The number of nitrogens with zero attached hydrogens (tertiary/aromatic N) is 2. The third-order valence-corrected chi connectivity index (χ3v) is 4.27. The first-order chi connectivity index (χ1) is 11.6. The molecule has 1 fully saturated rings. The molecule has 6 heteroatoms. The van der Waals surface area contributed by atoms with Crippen molar-refractivity contribution in [3.63, 3.8) is 0 Å². The van der Waals surface area contributed by atoms with Gasteiger partial charge in [-0.25, -0.2) is 0 Å². The lowest BCUT2D eigenvalue weighted by Gasteiger charge is -2.37. The molecule has 1 unspecified atom stereocenters. The number of nitrogens with one attached hydrogen (secondary N) is 1. The van der Waals surface area contributed by atoms with Gasteiger partial charge < -0.3 is 15.0 Å². The first kappa shape index (κ1) is 18.0. The van der Waals surface area contributed by atoms with Gasteiger partial charge in [-0.2, -0.15) is 0 Å². The van der Waals surface area contributed by atoms with Gasteiger partial charge in [-0.15, -0.1) is 6.58 Å². The summed E-state index contributed by atoms with van der Waals surface area (Å²) in [6.45, 7) is 8.52. The second kappa shape index (κ2) is 8.49. The van der Waals surface area contributed by atoms with Crippen molar-refractivity contribution in [1.29, 1.82) is 0 Å². The highest BCUT2D eigenvalue weighted by molar-refractivity contribution is 5.94. The quantitative estimate of drug-likeness (QED) is 0.794. The molecule has 0 saturated carbocycles. The van der Waals surface area contributed by atoms with Crippen LogP contribution in [0.15, 0.2) is 36.9 Å². The van der Waals surface area contributed by atoms with E-state index in [1.54, 1.807) is 25.3 Å². The predicted octanol–water partition coefficient (Wildman–Crippen LogP) is 1.14. The fourth-order valence-corrected chi connectivity index (χ4v) is 2.74. The molecule has 1 saturated heterocycles. The fraction of sp³-hybridized carbons (Fsp3) is 0.444. The summed E-state index contributed by atoms with van der Waals surface area (Å²) in [5.74, 6) is 0.659. The highest BCUT2D eigenvalue weighted by atomic mass is 16.5. The van der Waals surface area contributed by atoms with Crippen molar-refractivity contribution >= 4 is 11.8 Å². The van der Waals surface area contributed by atoms with E-state index < -0.39 is 0 Å². The van der Waals surface area contributed by atoms with Crippen LogP contribution in [-0.2, 0) is 4.79 Å². The van der Waals surface area contributed by atoms with Crippen LogP contribution in [0.3, 0.4) is 0 Å². The molecule has 0 aromatic heterocycles. The second-order valence-corrected chi connectivity index (χ2v) is 5.77. The van der Waals surface area contributed by atoms with Gasteiger partial charge in [-0.3, -0.25) is 14.5 Å². The number of rotatable bonds is 6. The molecule has 6 nitrogen and oxygen atoms in total. The molecule has 24 heavy (non-hydrogen) atoms. The lowest BCUT2D eigenvalue weighted by molar-refractivity contribution is -0.126. The second-order valence-electron chi connectivity index (χ2n) is 5.77. The van der Waals surface area contributed by atoms with Gasteiger partial charge in [0.1, 0.15) is 5.75 Å². The molecule has 1 aromatic rings. The summed E-state index contributed by atoms with van der Waals surface area (Å²) in [6, 6.07) is 6.97. The number of benzene rings is 1. The van der Waals surface area contributed by atoms with Crippen LogP contribution in [0.4, 0.5) is 0 Å². The van der Waals surface area contributed by atoms with Crippen LogP contribution in [0.2, 0.25) is 0 Å². The lowest BCUT2D eigenvalue weighted by atomic mass is 10.1. The van der Waals surface area contributed by atoms with Crippen LogP contribution in [0.25, 0.3) is 0 Å². The Balaban J connectivity index is 1.90. The zero-order valence-corrected chi connectivity index (χ0v) is 14.3. The number of carbonyl (C=O) groups excluding carboxylic acids is 2. The third-order valence-electron chi connectivity index (χ3n) is 4.27. The molecule has 1 atom stereocenters. The van der Waals surface area contributed by atoms with Crippen LogP contribution < -0.4 is 10.1 Å². The van der Waals surface area contributed by atoms with Crippen molar-refractivity contribution in [3.8, 4) is 5.75 Å². The number of methoxy groups -OCH3 is 1. The molecule has 130 valence electrons. The van der Waals surface area contributed by atoms with E-state index in [0.717, 1.165) is 0 Å². The van der Waals surface area contributed by atoms with Crippen molar-refractivity contribution in [2.45, 2.75) is 13.0 Å². The summed E-state index contributed by atoms with van der Waals surface area (Å²) < 4.78 is 5.17. The number of amides is 2. The maximum atomic E-state index is 12.6. The molecular weight excluding hydrogens is 306 g/mol. The average Bonchev–Trinajstić information content (AvgIpc) is 2.65. The molecule has 1 aromatic carbocycles. The number of piperazine rings is 1. The first-order valence-corrected chi connectivity index (χ1v) is 8.12. The first-order valence-electron chi connectivity index (χ1n) is 8.12. The molecule has 0 spiro atoms. The van der Waals surface area contributed by atoms with Crippen molar-refractivity contribution in [3.05, 3.63) is 42.5 Å². The molecule has 1 aliphatic heterocycles. The normalized spacial score (nSPS) is 16.3. The summed E-state index contributed by atoms with van der Waals surface area (Å²) in [4.78, 5) is 28.5. The Labute approximate surface area is 143 Å². The average molecular weight is 331 g/mol. The van der Waals surface area contributed by atoms with Gasteiger partial charge in [0, 0.05) is 38.3 Å². The predicted molar refractivity (Wildman–Crippen MR) is 93.1 cm³/mol. The Morgan fingerprint density at radius 3 is 2.67 bits per heavy atom. The van der Waals surface area contributed by atoms with E-state index in [2.05, 4.69) is 16.8 Å². The van der Waals surface area contributed by atoms with E-state index in [1.165, 1.54) is 0 Å². The monoisotopic (exact) mass is 331 g/mol. The van der Waals surface area contributed by atoms with Crippen LogP contribution in [0.1, 0.15) is 17.3 Å². The van der Waals surface area contributed by atoms with E-state index in [9.17, 15) is 9.59 Å². The maximum absolute atomic E-state index is 12.6. The van der Waals surface area contributed by atoms with E-state index in [0.29, 0.717) is 44.0 Å². The zero-order valence-electron chi connectivity index (χ0n) is 14.3. The van der Waals surface area contributed by atoms with Crippen molar-refractivity contribution in [1.82, 2.24) is 15.1 Å². The minimum atomic E-state index is -0.209. The Bertz CT molecular complexity index is 595. The Morgan fingerprint density at radius 1 is 1.33 bits per heavy atom. The lowest BCUT2D eigenvalue weighted by Crippen LogP contribution is -2.55. The molecular formula is C18H25N3O3. The van der Waals surface area contributed by atoms with Gasteiger partial charge in [0.25, 0.3) is 5.91 Å². The minimum Gasteiger partial charge on any atom is -0.497 e. The Hall–Kier alpha value is -2.34. The van der Waals surface area contributed by atoms with Gasteiger partial charge in [-0.1, -0.05) is 12.1 Å². The number of carbonyl (C=O) groups is 2. The highest BCUT2D eigenvalue weighted by Crippen LogP contribution is 2.16. The van der Waals surface area contributed by atoms with Gasteiger partial charge in [0.05, 0.1) is 13.2 Å². The molecule has 0 bridgehead atoms. The van der Waals surface area contributed by atoms with Crippen molar-refractivity contribution in [2.75, 3.05) is 39.8 Å². The molecule has 1 N–H and O–H groups in total. The molecule has 0 aliphatic carbocycles. The van der Waals surface area contributed by atoms with Crippen molar-refractivity contribution < 1.29 is 14.3 Å². The molecule has 0 radical (unpaired) electrons. The van der Waals surface area contributed by atoms with E-state index in [1.807, 2.05) is 24.0 Å². The van der Waals surface area contributed by atoms with Crippen LogP contribution in [-0.4, -0.2) is 67.5 Å². The number of hydrogen-bond acceptors (Lipinski definition) is 4. The smallest absolute Gasteiger partial charge is 0.254 e. The van der Waals surface area contributed by atoms with Crippen LogP contribution >= 0.6 is 0 Å². The molecule has 1 aliphatic rings. The molecule has 1 heterocycles. The van der Waals surface area contributed by atoms with Gasteiger partial charge in [-0.05, 0) is 25.1 Å². The Morgan fingerprint density at radius 2 is 2.04 bits per heavy atom. The van der Waals surface area contributed by atoms with Crippen LogP contribution in [0.5, 0.6) is 5.75 Å². The SMILES string of the molecule is C=CCNC(=O)C(C)N1CCN(C(=O)c2cccc(OC)c2)CC1. The molecule has 2 rings (SSSR count). The number of ether oxygens (including phenoxy) is 1. The van der Waals surface area contributed by atoms with Gasteiger partial charge >= 0.3 is 0 Å². The minimum absolute atomic E-state index is 0.00249. The highest BCUT2D eigenvalue weighted by Gasteiger charge is 2.27. The topological polar surface area (TPSA) is 61.9 Å². The summed E-state index contributed by atoms with van der Waals surface area (Å²) in [7, 11) is 1.58. The third kappa shape index (κ3) is 4.35. The van der Waals surface area contributed by atoms with Gasteiger partial charge in [0.15, 0.2) is 0 Å². The van der Waals surface area contributed by atoms with E-state index >= 15 is 0 Å². The maximum Gasteiger partial charge on any atom is 0.254 e. The summed E-state index contributed by atoms with van der Waals surface area (Å²) in [5, 5.41) is 2.81. The standard InChI is InChI=1S/C18H25N3O3/c1-4-8-19-17(22)14(2)20-9-11-21(12-10-20)18(23)15-6-5-7-16(13-15)24-3/h4-7,13-14H,1,8-12H2,2-3H3,(H,19,22). The molecule has 2 amide bonds. The summed E-state index contributed by atoms with van der Waals surface area (Å²) >= 11 is 0. The summed E-state index contributed by atoms with van der Waals surface area (Å²) in [6.07, 6.45) is 1.66. The fourth-order valence-electron chi connectivity index (χ4n) is 2.74.